The number of nitrogens with zero attached hydrogens (tertiary/aromatic N) is 2. The van der Waals surface area contributed by atoms with Crippen LogP contribution in [0.25, 0.3) is 0 Å². The van der Waals surface area contributed by atoms with Crippen LogP contribution in [0.2, 0.25) is 0 Å². The molecule has 0 fully saturated rings. The maximum atomic E-state index is 11.3. The Labute approximate surface area is 81.0 Å². The van der Waals surface area contributed by atoms with Crippen LogP contribution in [0.5, 0.6) is 0 Å². The van der Waals surface area contributed by atoms with E-state index in [2.05, 4.69) is 4.98 Å². The quantitative estimate of drug-likeness (QED) is 0.620. The van der Waals surface area contributed by atoms with Crippen molar-refractivity contribution in [3.63, 3.8) is 0 Å². The van der Waals surface area contributed by atoms with Gasteiger partial charge in [-0.25, -0.2) is 4.79 Å². The first kappa shape index (κ1) is 10.4. The molecule has 1 aromatic heterocycles. The van der Waals surface area contributed by atoms with Gasteiger partial charge in [0.25, 0.3) is 0 Å². The van der Waals surface area contributed by atoms with Crippen molar-refractivity contribution in [2.24, 2.45) is 0 Å². The number of aryl methyl sites for hydroxylation is 2. The van der Waals surface area contributed by atoms with E-state index in [0.29, 0.717) is 11.4 Å². The summed E-state index contributed by atoms with van der Waals surface area (Å²) in [6, 6.07) is 1.73. The summed E-state index contributed by atoms with van der Waals surface area (Å²) < 4.78 is 1.32. The standard InChI is InChI=1S/C9H12N2O3/c1-6-5-7(2)11(9(14)10-6)4-3-8(12)13/h5H,3-4H2,1-2H3,(H,12,13)/p-1. The summed E-state index contributed by atoms with van der Waals surface area (Å²) in [5.41, 5.74) is 0.935. The smallest absolute Gasteiger partial charge is 0.347 e. The monoisotopic (exact) mass is 195 g/mol. The topological polar surface area (TPSA) is 75.0 Å². The van der Waals surface area contributed by atoms with E-state index in [1.54, 1.807) is 19.9 Å². The minimum Gasteiger partial charge on any atom is -0.550 e. The fourth-order valence-electron chi connectivity index (χ4n) is 1.25. The molecule has 5 heteroatoms. The van der Waals surface area contributed by atoms with E-state index in [4.69, 9.17) is 0 Å². The third-order valence-electron chi connectivity index (χ3n) is 1.89. The van der Waals surface area contributed by atoms with Gasteiger partial charge in [-0.05, 0) is 19.9 Å². The van der Waals surface area contributed by atoms with Crippen LogP contribution in [-0.2, 0) is 11.3 Å². The second-order valence-electron chi connectivity index (χ2n) is 3.10. The zero-order chi connectivity index (χ0) is 10.7. The number of carboxylic acids is 1. The van der Waals surface area contributed by atoms with E-state index in [1.165, 1.54) is 4.57 Å². The summed E-state index contributed by atoms with van der Waals surface area (Å²) in [6.07, 6.45) is -0.175. The van der Waals surface area contributed by atoms with E-state index in [1.807, 2.05) is 0 Å². The third-order valence-corrected chi connectivity index (χ3v) is 1.89. The van der Waals surface area contributed by atoms with Crippen LogP contribution in [0.15, 0.2) is 10.9 Å². The highest BCUT2D eigenvalue weighted by Gasteiger charge is 2.01. The molecule has 0 atom stereocenters. The molecule has 0 aliphatic rings. The highest BCUT2D eigenvalue weighted by atomic mass is 16.4. The molecule has 76 valence electrons. The molecule has 0 radical (unpaired) electrons. The Kier molecular flexibility index (Phi) is 3.01. The molecule has 5 nitrogen and oxygen atoms in total. The zero-order valence-corrected chi connectivity index (χ0v) is 8.11. The maximum absolute atomic E-state index is 11.3. The summed E-state index contributed by atoms with van der Waals surface area (Å²) in [5, 5.41) is 10.2. The summed E-state index contributed by atoms with van der Waals surface area (Å²) in [7, 11) is 0. The Morgan fingerprint density at radius 3 is 2.71 bits per heavy atom. The van der Waals surface area contributed by atoms with Crippen LogP contribution in [0.4, 0.5) is 0 Å². The highest BCUT2D eigenvalue weighted by molar-refractivity contribution is 5.64. The number of carboxylic acid groups (broad SMARTS) is 1. The minimum absolute atomic E-state index is 0.111. The average molecular weight is 195 g/mol. The number of hydrogen-bond acceptors (Lipinski definition) is 4. The Bertz CT molecular complexity index is 409. The molecule has 0 unspecified atom stereocenters. The Balaban J connectivity index is 2.97. The number of aromatic nitrogens is 2. The first-order valence-corrected chi connectivity index (χ1v) is 4.25. The largest absolute Gasteiger partial charge is 0.550 e. The summed E-state index contributed by atoms with van der Waals surface area (Å²) in [6.45, 7) is 3.57. The summed E-state index contributed by atoms with van der Waals surface area (Å²) >= 11 is 0. The van der Waals surface area contributed by atoms with Crippen molar-refractivity contribution >= 4 is 5.97 Å². The van der Waals surface area contributed by atoms with Gasteiger partial charge >= 0.3 is 5.69 Å². The van der Waals surface area contributed by atoms with E-state index in [0.717, 1.165) is 0 Å². The van der Waals surface area contributed by atoms with E-state index >= 15 is 0 Å². The third kappa shape index (κ3) is 2.42. The van der Waals surface area contributed by atoms with Crippen molar-refractivity contribution in [2.45, 2.75) is 26.8 Å². The van der Waals surface area contributed by atoms with Gasteiger partial charge in [0.05, 0.1) is 0 Å². The van der Waals surface area contributed by atoms with Gasteiger partial charge in [0.2, 0.25) is 0 Å². The molecule has 0 saturated carbocycles. The van der Waals surface area contributed by atoms with Gasteiger partial charge in [-0.3, -0.25) is 4.57 Å². The van der Waals surface area contributed by atoms with Crippen LogP contribution < -0.4 is 10.8 Å². The van der Waals surface area contributed by atoms with Gasteiger partial charge in [0, 0.05) is 30.3 Å². The van der Waals surface area contributed by atoms with Crippen molar-refractivity contribution in [1.82, 2.24) is 9.55 Å². The van der Waals surface area contributed by atoms with Gasteiger partial charge in [-0.2, -0.15) is 4.98 Å². The second-order valence-corrected chi connectivity index (χ2v) is 3.10. The molecule has 1 rings (SSSR count). The highest BCUT2D eigenvalue weighted by Crippen LogP contribution is 1.97. The maximum Gasteiger partial charge on any atom is 0.347 e. The summed E-state index contributed by atoms with van der Waals surface area (Å²) in [5.74, 6) is -1.17. The van der Waals surface area contributed by atoms with Crippen molar-refractivity contribution < 1.29 is 9.90 Å². The molecule has 0 spiro atoms. The van der Waals surface area contributed by atoms with E-state index < -0.39 is 11.7 Å². The molecule has 14 heavy (non-hydrogen) atoms. The molecule has 1 heterocycles. The van der Waals surface area contributed by atoms with Crippen molar-refractivity contribution in [3.8, 4) is 0 Å². The molecule has 0 bridgehead atoms. The lowest BCUT2D eigenvalue weighted by Crippen LogP contribution is -2.30. The molecule has 0 amide bonds. The number of rotatable bonds is 3. The molecule has 0 aromatic carbocycles. The molecule has 0 saturated heterocycles. The number of carbonyl (C=O) groups excluding carboxylic acids is 1. The second kappa shape index (κ2) is 4.04. The SMILES string of the molecule is Cc1cc(C)n(CCC(=O)[O-])c(=O)n1. The van der Waals surface area contributed by atoms with E-state index in [9.17, 15) is 14.7 Å². The van der Waals surface area contributed by atoms with Crippen LogP contribution in [0.1, 0.15) is 17.8 Å². The normalized spacial score (nSPS) is 10.1. The minimum atomic E-state index is -1.17. The van der Waals surface area contributed by atoms with Gasteiger partial charge in [0.15, 0.2) is 0 Å². The zero-order valence-electron chi connectivity index (χ0n) is 8.11. The van der Waals surface area contributed by atoms with Crippen LogP contribution >= 0.6 is 0 Å². The molecule has 0 N–H and O–H groups in total. The number of hydrogen-bond donors (Lipinski definition) is 0. The van der Waals surface area contributed by atoms with Crippen LogP contribution in [0, 0.1) is 13.8 Å². The fraction of sp³-hybridized carbons (Fsp3) is 0.444. The van der Waals surface area contributed by atoms with Gasteiger partial charge in [0.1, 0.15) is 0 Å². The van der Waals surface area contributed by atoms with Crippen molar-refractivity contribution in [2.75, 3.05) is 0 Å². The Morgan fingerprint density at radius 1 is 1.57 bits per heavy atom. The first-order chi connectivity index (χ1) is 6.50. The van der Waals surface area contributed by atoms with Crippen molar-refractivity contribution in [3.05, 3.63) is 27.9 Å². The van der Waals surface area contributed by atoms with Crippen molar-refractivity contribution in [1.29, 1.82) is 0 Å². The van der Waals surface area contributed by atoms with Crippen LogP contribution in [0.3, 0.4) is 0 Å². The lowest BCUT2D eigenvalue weighted by atomic mass is 10.3. The first-order valence-electron chi connectivity index (χ1n) is 4.25. The Morgan fingerprint density at radius 2 is 2.21 bits per heavy atom. The predicted octanol–water partition coefficient (Wildman–Crippen LogP) is -1.000. The van der Waals surface area contributed by atoms with E-state index in [-0.39, 0.29) is 13.0 Å². The predicted molar refractivity (Wildman–Crippen MR) is 47.6 cm³/mol. The number of aliphatic carboxylic acids is 1. The van der Waals surface area contributed by atoms with Gasteiger partial charge in [-0.15, -0.1) is 0 Å². The number of carbonyl (C=O) groups is 1. The average Bonchev–Trinajstić information content (AvgIpc) is 2.01. The molecule has 0 aliphatic carbocycles. The summed E-state index contributed by atoms with van der Waals surface area (Å²) in [4.78, 5) is 25.2. The molecular weight excluding hydrogens is 184 g/mol. The van der Waals surface area contributed by atoms with Gasteiger partial charge in [-0.1, -0.05) is 0 Å². The lowest BCUT2D eigenvalue weighted by molar-refractivity contribution is -0.305. The Hall–Kier alpha value is -1.65. The fourth-order valence-corrected chi connectivity index (χ4v) is 1.25. The molecular formula is C9H11N2O3-. The van der Waals surface area contributed by atoms with Gasteiger partial charge < -0.3 is 9.90 Å². The van der Waals surface area contributed by atoms with Crippen LogP contribution in [-0.4, -0.2) is 15.5 Å². The lowest BCUT2D eigenvalue weighted by Gasteiger charge is -2.09. The molecule has 1 aromatic rings. The molecule has 0 aliphatic heterocycles.